The Morgan fingerprint density at radius 2 is 1.72 bits per heavy atom. The van der Waals surface area contributed by atoms with Crippen molar-refractivity contribution in [3.05, 3.63) is 80.3 Å². The van der Waals surface area contributed by atoms with Gasteiger partial charge < -0.3 is 10.2 Å². The fourth-order valence-corrected chi connectivity index (χ4v) is 9.13. The molecule has 0 radical (unpaired) electrons. The van der Waals surface area contributed by atoms with Crippen LogP contribution in [0.2, 0.25) is 0 Å². The maximum absolute atomic E-state index is 16.2. The zero-order valence-corrected chi connectivity index (χ0v) is 27.7. The molecule has 3 aromatic rings. The van der Waals surface area contributed by atoms with E-state index in [0.717, 1.165) is 18.9 Å². The monoisotopic (exact) mass is 673 g/mol. The predicted octanol–water partition coefficient (Wildman–Crippen LogP) is 5.24. The summed E-state index contributed by atoms with van der Waals surface area (Å²) in [5.74, 6) is -5.76. The molecule has 2 fully saturated rings. The number of aryl methyl sites for hydroxylation is 2. The summed E-state index contributed by atoms with van der Waals surface area (Å²) in [6.45, 7) is 7.19. The van der Waals surface area contributed by atoms with Gasteiger partial charge in [-0.3, -0.25) is 13.9 Å². The van der Waals surface area contributed by atoms with Crippen LogP contribution in [0.3, 0.4) is 0 Å². The highest BCUT2D eigenvalue weighted by Gasteiger charge is 2.45. The summed E-state index contributed by atoms with van der Waals surface area (Å²) in [5, 5.41) is 3.50. The van der Waals surface area contributed by atoms with Gasteiger partial charge in [-0.05, 0) is 70.5 Å². The van der Waals surface area contributed by atoms with Gasteiger partial charge in [0.1, 0.15) is 27.1 Å². The summed E-state index contributed by atoms with van der Waals surface area (Å²) in [6, 6.07) is 4.71. The Kier molecular flexibility index (Phi) is 9.16. The van der Waals surface area contributed by atoms with Crippen molar-refractivity contribution in [1.82, 2.24) is 19.0 Å². The Balaban J connectivity index is 1.52. The van der Waals surface area contributed by atoms with Gasteiger partial charge in [0.2, 0.25) is 0 Å². The van der Waals surface area contributed by atoms with Crippen molar-refractivity contribution in [1.29, 1.82) is 0 Å². The normalized spacial score (nSPS) is 26.7. The largest absolute Gasteiger partial charge is 0.359 e. The predicted molar refractivity (Wildman–Crippen MR) is 176 cm³/mol. The van der Waals surface area contributed by atoms with E-state index in [9.17, 15) is 18.0 Å². The number of hydrogen-bond donors (Lipinski definition) is 1. The van der Waals surface area contributed by atoms with Crippen molar-refractivity contribution in [2.75, 3.05) is 29.9 Å². The molecule has 0 amide bonds. The molecular formula is C34H42F3N5O4S. The van der Waals surface area contributed by atoms with Crippen LogP contribution in [0.5, 0.6) is 0 Å². The number of rotatable bonds is 2. The maximum Gasteiger partial charge on any atom is 0.351 e. The Labute approximate surface area is 272 Å². The summed E-state index contributed by atoms with van der Waals surface area (Å²) < 4.78 is 75.3. The lowest BCUT2D eigenvalue weighted by Crippen LogP contribution is -2.43. The van der Waals surface area contributed by atoms with E-state index in [1.165, 1.54) is 27.3 Å². The average molecular weight is 674 g/mol. The van der Waals surface area contributed by atoms with Gasteiger partial charge in [0, 0.05) is 36.7 Å². The van der Waals surface area contributed by atoms with Gasteiger partial charge in [0.05, 0.1) is 28.5 Å². The van der Waals surface area contributed by atoms with Gasteiger partial charge in [0.15, 0.2) is 0 Å². The topological polar surface area (TPSA) is 106 Å². The maximum atomic E-state index is 16.2. The molecule has 0 spiro atoms. The number of hydrogen-bond acceptors (Lipinski definition) is 7. The van der Waals surface area contributed by atoms with E-state index in [1.54, 1.807) is 13.1 Å². The van der Waals surface area contributed by atoms with E-state index in [2.05, 4.69) is 28.7 Å². The summed E-state index contributed by atoms with van der Waals surface area (Å²) in [5.41, 5.74) is -0.945. The number of sulfone groups is 1. The van der Waals surface area contributed by atoms with Crippen LogP contribution in [0.1, 0.15) is 80.5 Å². The Hall–Kier alpha value is -3.45. The van der Waals surface area contributed by atoms with E-state index in [0.29, 0.717) is 42.7 Å². The van der Waals surface area contributed by atoms with Crippen LogP contribution in [0.4, 0.5) is 19.0 Å². The second-order valence-corrected chi connectivity index (χ2v) is 15.7. The second kappa shape index (κ2) is 12.9. The van der Waals surface area contributed by atoms with Crippen LogP contribution in [0.25, 0.3) is 11.0 Å². The van der Waals surface area contributed by atoms with Crippen LogP contribution in [-0.2, 0) is 29.4 Å². The lowest BCUT2D eigenvalue weighted by Gasteiger charge is -2.39. The van der Waals surface area contributed by atoms with E-state index in [1.807, 2.05) is 0 Å². The highest BCUT2D eigenvalue weighted by Crippen LogP contribution is 2.44. The van der Waals surface area contributed by atoms with Crippen molar-refractivity contribution in [2.24, 2.45) is 13.0 Å². The highest BCUT2D eigenvalue weighted by atomic mass is 32.2. The van der Waals surface area contributed by atoms with Gasteiger partial charge in [0.25, 0.3) is 11.5 Å². The first-order valence-electron chi connectivity index (χ1n) is 16.5. The molecule has 0 saturated carbocycles. The van der Waals surface area contributed by atoms with Crippen molar-refractivity contribution < 1.29 is 21.6 Å². The van der Waals surface area contributed by atoms with Crippen molar-refractivity contribution in [3.8, 4) is 0 Å². The molecule has 1 N–H and O–H groups in total. The van der Waals surface area contributed by atoms with Crippen LogP contribution >= 0.6 is 0 Å². The number of halogens is 3. The molecule has 9 nitrogen and oxygen atoms in total. The van der Waals surface area contributed by atoms with Crippen LogP contribution in [0, 0.1) is 11.7 Å². The van der Waals surface area contributed by atoms with Crippen LogP contribution in [0.15, 0.2) is 46.5 Å². The fraction of sp³-hybridized carbons (Fsp3) is 0.559. The summed E-state index contributed by atoms with van der Waals surface area (Å²) in [7, 11) is -1.61. The van der Waals surface area contributed by atoms with Crippen molar-refractivity contribution in [3.63, 3.8) is 0 Å². The molecule has 47 heavy (non-hydrogen) atoms. The van der Waals surface area contributed by atoms with E-state index in [-0.39, 0.29) is 66.1 Å². The summed E-state index contributed by atoms with van der Waals surface area (Å²) in [6.07, 6.45) is 4.65. The Morgan fingerprint density at radius 1 is 1.02 bits per heavy atom. The number of benzene rings is 1. The SMILES string of the molecule is C=C[C@H]1Nc2nc(=O)n(c3c2cc(C2CCS(=O)(=O)CC2)c(=O)n3C)CCCCC(C)N2CCC(CC2)C(F)(F)c2cccc1c2F. The molecule has 6 aliphatic rings. The number of nitrogens with one attached hydrogen (secondary N) is 1. The number of anilines is 1. The fourth-order valence-electron chi connectivity index (χ4n) is 7.64. The third-order valence-corrected chi connectivity index (χ3v) is 12.2. The Morgan fingerprint density at radius 3 is 2.40 bits per heavy atom. The zero-order valence-electron chi connectivity index (χ0n) is 26.9. The molecule has 1 aromatic carbocycles. The summed E-state index contributed by atoms with van der Waals surface area (Å²) in [4.78, 5) is 33.9. The first-order chi connectivity index (χ1) is 22.3. The van der Waals surface area contributed by atoms with E-state index in [4.69, 9.17) is 0 Å². The van der Waals surface area contributed by atoms with Crippen LogP contribution < -0.4 is 16.6 Å². The van der Waals surface area contributed by atoms with Gasteiger partial charge in [-0.25, -0.2) is 26.4 Å². The molecule has 6 aliphatic heterocycles. The number of alkyl halides is 2. The average Bonchev–Trinajstić information content (AvgIpc) is 3.04. The number of piperidine rings is 1. The Bertz CT molecular complexity index is 1900. The quantitative estimate of drug-likeness (QED) is 0.371. The molecule has 2 aromatic heterocycles. The number of aromatic nitrogens is 3. The molecule has 0 aliphatic carbocycles. The van der Waals surface area contributed by atoms with Crippen molar-refractivity contribution in [2.45, 2.75) is 82.3 Å². The molecule has 1 unspecified atom stereocenters. The second-order valence-electron chi connectivity index (χ2n) is 13.4. The third kappa shape index (κ3) is 6.28. The van der Waals surface area contributed by atoms with E-state index >= 15 is 13.2 Å². The third-order valence-electron chi connectivity index (χ3n) is 10.5. The molecular weight excluding hydrogens is 631 g/mol. The molecule has 254 valence electrons. The molecule has 9 rings (SSSR count). The standard InChI is InChI=1S/C34H42F3N5O4S/c1-4-28-24-9-7-10-27(29(24)35)34(36,37)23-11-16-41(17-12-23)21(2)8-5-6-15-42-31-26(30(38-28)39-33(42)44)20-25(32(43)40(31)3)22-13-18-47(45,46)19-14-22/h4,7,9-10,20-23,28H,1,5-6,8,11-19H2,2-3H3,(H,38,39,44)/t21?,28-/m1/s1. The first-order valence-corrected chi connectivity index (χ1v) is 18.3. The minimum absolute atomic E-state index is 0.0305. The zero-order chi connectivity index (χ0) is 33.7. The molecule has 2 saturated heterocycles. The minimum Gasteiger partial charge on any atom is -0.359 e. The van der Waals surface area contributed by atoms with Crippen LogP contribution in [-0.4, -0.2) is 58.1 Å². The smallest absolute Gasteiger partial charge is 0.351 e. The molecule has 8 heterocycles. The van der Waals surface area contributed by atoms with Gasteiger partial charge in [-0.15, -0.1) is 6.58 Å². The number of nitrogens with zero attached hydrogens (tertiary/aromatic N) is 4. The minimum atomic E-state index is -3.39. The lowest BCUT2D eigenvalue weighted by atomic mass is 9.84. The van der Waals surface area contributed by atoms with Gasteiger partial charge in [-0.1, -0.05) is 30.7 Å². The van der Waals surface area contributed by atoms with Gasteiger partial charge in [-0.2, -0.15) is 4.98 Å². The highest BCUT2D eigenvalue weighted by molar-refractivity contribution is 7.91. The molecule has 6 bridgehead atoms. The first kappa shape index (κ1) is 33.5. The lowest BCUT2D eigenvalue weighted by molar-refractivity contribution is -0.0907. The van der Waals surface area contributed by atoms with Gasteiger partial charge >= 0.3 is 5.69 Å². The van der Waals surface area contributed by atoms with E-state index < -0.39 is 44.8 Å². The van der Waals surface area contributed by atoms with Crippen molar-refractivity contribution >= 4 is 26.7 Å². The molecule has 2 atom stereocenters. The summed E-state index contributed by atoms with van der Waals surface area (Å²) >= 11 is 0. The number of pyridine rings is 1. The molecule has 13 heteroatoms.